The first-order valence-corrected chi connectivity index (χ1v) is 7.49. The molecule has 0 amide bonds. The van der Waals surface area contributed by atoms with Gasteiger partial charge in [0, 0.05) is 39.0 Å². The molecule has 0 saturated carbocycles. The molecule has 1 aliphatic heterocycles. The smallest absolute Gasteiger partial charge is 0.105 e. The number of aromatic nitrogens is 4. The lowest BCUT2D eigenvalue weighted by molar-refractivity contribution is 0.0599. The normalized spacial score (nSPS) is 18.1. The van der Waals surface area contributed by atoms with E-state index in [-0.39, 0.29) is 6.04 Å². The highest BCUT2D eigenvalue weighted by Crippen LogP contribution is 2.29. The van der Waals surface area contributed by atoms with Crippen molar-refractivity contribution in [3.8, 4) is 0 Å². The number of ether oxygens (including phenoxy) is 1. The summed E-state index contributed by atoms with van der Waals surface area (Å²) in [5.41, 5.74) is 3.49. The van der Waals surface area contributed by atoms with Crippen molar-refractivity contribution in [1.29, 1.82) is 0 Å². The van der Waals surface area contributed by atoms with Crippen LogP contribution in [0.3, 0.4) is 0 Å². The molecule has 2 aromatic rings. The van der Waals surface area contributed by atoms with Crippen molar-refractivity contribution in [3.05, 3.63) is 54.1 Å². The maximum Gasteiger partial charge on any atom is 0.105 e. The van der Waals surface area contributed by atoms with Crippen LogP contribution in [0.5, 0.6) is 0 Å². The van der Waals surface area contributed by atoms with Crippen molar-refractivity contribution >= 4 is 0 Å². The molecule has 1 unspecified atom stereocenters. The summed E-state index contributed by atoms with van der Waals surface area (Å²) in [5.74, 6) is 0. The Morgan fingerprint density at radius 1 is 1.41 bits per heavy atom. The van der Waals surface area contributed by atoms with Crippen molar-refractivity contribution in [1.82, 2.24) is 24.9 Å². The number of aryl methyl sites for hydroxylation is 1. The molecule has 0 N–H and O–H groups in total. The molecular weight excluding hydrogens is 278 g/mol. The molecule has 0 fully saturated rings. The fraction of sp³-hybridized carbons (Fsp3) is 0.438. The molecule has 22 heavy (non-hydrogen) atoms. The molecule has 2 aromatic heterocycles. The monoisotopic (exact) mass is 299 g/mol. The van der Waals surface area contributed by atoms with E-state index >= 15 is 0 Å². The molecule has 1 aliphatic rings. The van der Waals surface area contributed by atoms with Gasteiger partial charge in [0.25, 0.3) is 0 Å². The topological polar surface area (TPSA) is 56.1 Å². The van der Waals surface area contributed by atoms with E-state index in [2.05, 4.69) is 26.8 Å². The first-order valence-electron chi connectivity index (χ1n) is 7.49. The zero-order chi connectivity index (χ0) is 15.4. The lowest BCUT2D eigenvalue weighted by atomic mass is 10.0. The maximum absolute atomic E-state index is 5.71. The van der Waals surface area contributed by atoms with Gasteiger partial charge in [-0.05, 0) is 17.7 Å². The van der Waals surface area contributed by atoms with E-state index < -0.39 is 0 Å². The van der Waals surface area contributed by atoms with Crippen LogP contribution in [0.1, 0.15) is 23.0 Å². The average Bonchev–Trinajstić information content (AvgIpc) is 2.92. The minimum absolute atomic E-state index is 0.130. The van der Waals surface area contributed by atoms with Crippen LogP contribution in [0.25, 0.3) is 0 Å². The van der Waals surface area contributed by atoms with Crippen LogP contribution in [0, 0.1) is 0 Å². The van der Waals surface area contributed by atoms with Crippen molar-refractivity contribution in [2.24, 2.45) is 7.05 Å². The second-order valence-electron chi connectivity index (χ2n) is 5.46. The van der Waals surface area contributed by atoms with Crippen molar-refractivity contribution in [2.75, 3.05) is 19.8 Å². The van der Waals surface area contributed by atoms with Gasteiger partial charge in [0.05, 0.1) is 24.9 Å². The molecule has 6 heteroatoms. The Bertz CT molecular complexity index is 625. The number of fused-ring (bicyclic) bond motifs is 1. The lowest BCUT2D eigenvalue weighted by Crippen LogP contribution is -2.38. The summed E-state index contributed by atoms with van der Waals surface area (Å²) >= 11 is 0. The summed E-state index contributed by atoms with van der Waals surface area (Å²) < 4.78 is 7.58. The molecular formula is C16H21N5O. The Kier molecular flexibility index (Phi) is 4.60. The Morgan fingerprint density at radius 2 is 2.23 bits per heavy atom. The number of hydrogen-bond acceptors (Lipinski definition) is 5. The van der Waals surface area contributed by atoms with Crippen molar-refractivity contribution in [2.45, 2.75) is 19.0 Å². The van der Waals surface area contributed by atoms with E-state index in [4.69, 9.17) is 4.74 Å². The SMILES string of the molecule is C=CCOCC1c2nnn(C)c2CCN1Cc1ccncc1. The zero-order valence-corrected chi connectivity index (χ0v) is 12.9. The molecule has 0 aromatic carbocycles. The first-order chi connectivity index (χ1) is 10.8. The van der Waals surface area contributed by atoms with Gasteiger partial charge >= 0.3 is 0 Å². The molecule has 0 aliphatic carbocycles. The Hall–Kier alpha value is -2.05. The Labute approximate surface area is 130 Å². The molecule has 3 rings (SSSR count). The summed E-state index contributed by atoms with van der Waals surface area (Å²) in [6.45, 7) is 6.68. The molecule has 0 spiro atoms. The third-order valence-corrected chi connectivity index (χ3v) is 4.01. The van der Waals surface area contributed by atoms with Gasteiger partial charge in [0.15, 0.2) is 0 Å². The summed E-state index contributed by atoms with van der Waals surface area (Å²) in [6, 6.07) is 4.23. The molecule has 0 bridgehead atoms. The Morgan fingerprint density at radius 3 is 3.00 bits per heavy atom. The van der Waals surface area contributed by atoms with Gasteiger partial charge in [-0.15, -0.1) is 11.7 Å². The maximum atomic E-state index is 5.71. The van der Waals surface area contributed by atoms with Crippen LogP contribution < -0.4 is 0 Å². The fourth-order valence-corrected chi connectivity index (χ4v) is 2.88. The molecule has 116 valence electrons. The summed E-state index contributed by atoms with van der Waals surface area (Å²) in [7, 11) is 1.95. The van der Waals surface area contributed by atoms with Crippen LogP contribution in [0.4, 0.5) is 0 Å². The number of pyridine rings is 1. The quantitative estimate of drug-likeness (QED) is 0.598. The highest BCUT2D eigenvalue weighted by Gasteiger charge is 2.31. The van der Waals surface area contributed by atoms with E-state index in [0.29, 0.717) is 13.2 Å². The van der Waals surface area contributed by atoms with Gasteiger partial charge in [-0.1, -0.05) is 11.3 Å². The molecule has 3 heterocycles. The molecule has 0 radical (unpaired) electrons. The predicted molar refractivity (Wildman–Crippen MR) is 83.1 cm³/mol. The van der Waals surface area contributed by atoms with Crippen LogP contribution in [-0.4, -0.2) is 44.6 Å². The lowest BCUT2D eigenvalue weighted by Gasteiger charge is -2.34. The highest BCUT2D eigenvalue weighted by atomic mass is 16.5. The van der Waals surface area contributed by atoms with E-state index in [9.17, 15) is 0 Å². The average molecular weight is 299 g/mol. The number of hydrogen-bond donors (Lipinski definition) is 0. The van der Waals surface area contributed by atoms with Gasteiger partial charge in [0.1, 0.15) is 5.69 Å². The van der Waals surface area contributed by atoms with Crippen LogP contribution in [-0.2, 0) is 24.8 Å². The van der Waals surface area contributed by atoms with Gasteiger partial charge in [-0.25, -0.2) is 0 Å². The summed E-state index contributed by atoms with van der Waals surface area (Å²) in [6.07, 6.45) is 6.39. The molecule has 0 saturated heterocycles. The summed E-state index contributed by atoms with van der Waals surface area (Å²) in [5, 5.41) is 8.53. The third-order valence-electron chi connectivity index (χ3n) is 4.01. The van der Waals surface area contributed by atoms with Gasteiger partial charge in [0.2, 0.25) is 0 Å². The van der Waals surface area contributed by atoms with Crippen LogP contribution in [0.15, 0.2) is 37.2 Å². The predicted octanol–water partition coefficient (Wildman–Crippen LogP) is 1.51. The number of nitrogens with zero attached hydrogens (tertiary/aromatic N) is 5. The highest BCUT2D eigenvalue weighted by molar-refractivity contribution is 5.20. The van der Waals surface area contributed by atoms with Crippen molar-refractivity contribution < 1.29 is 4.74 Å². The van der Waals surface area contributed by atoms with Gasteiger partial charge in [-0.2, -0.15) is 0 Å². The second kappa shape index (κ2) is 6.81. The standard InChI is InChI=1S/C16H21N5O/c1-3-10-22-12-15-16-14(20(2)19-18-16)6-9-21(15)11-13-4-7-17-8-5-13/h3-5,7-8,15H,1,6,9-12H2,2H3. The minimum Gasteiger partial charge on any atom is -0.375 e. The third kappa shape index (κ3) is 3.08. The van der Waals surface area contributed by atoms with Crippen LogP contribution >= 0.6 is 0 Å². The van der Waals surface area contributed by atoms with Gasteiger partial charge in [-0.3, -0.25) is 14.6 Å². The molecule has 1 atom stereocenters. The van der Waals surface area contributed by atoms with Crippen molar-refractivity contribution in [3.63, 3.8) is 0 Å². The number of rotatable bonds is 6. The van der Waals surface area contributed by atoms with E-state index in [1.807, 2.05) is 36.3 Å². The van der Waals surface area contributed by atoms with E-state index in [1.165, 1.54) is 11.3 Å². The Balaban J connectivity index is 1.80. The minimum atomic E-state index is 0.130. The fourth-order valence-electron chi connectivity index (χ4n) is 2.88. The van der Waals surface area contributed by atoms with Gasteiger partial charge < -0.3 is 4.74 Å². The largest absolute Gasteiger partial charge is 0.375 e. The molecule has 6 nitrogen and oxygen atoms in total. The first kappa shape index (κ1) is 14.9. The second-order valence-corrected chi connectivity index (χ2v) is 5.46. The van der Waals surface area contributed by atoms with E-state index in [0.717, 1.165) is 25.2 Å². The van der Waals surface area contributed by atoms with Crippen LogP contribution in [0.2, 0.25) is 0 Å². The summed E-state index contributed by atoms with van der Waals surface area (Å²) in [4.78, 5) is 6.48. The zero-order valence-electron chi connectivity index (χ0n) is 12.9. The van der Waals surface area contributed by atoms with E-state index in [1.54, 1.807) is 6.08 Å².